The zero-order valence-electron chi connectivity index (χ0n) is 15.5. The molecule has 1 aromatic rings. The first kappa shape index (κ1) is 20.9. The number of carbonyl (C=O) groups is 2. The van der Waals surface area contributed by atoms with Crippen molar-refractivity contribution in [2.45, 2.75) is 45.1 Å². The van der Waals surface area contributed by atoms with Crippen LogP contribution < -0.4 is 10.6 Å². The van der Waals surface area contributed by atoms with Crippen LogP contribution in [0.5, 0.6) is 0 Å². The van der Waals surface area contributed by atoms with Crippen LogP contribution in [-0.2, 0) is 25.4 Å². The van der Waals surface area contributed by atoms with Crippen molar-refractivity contribution in [1.82, 2.24) is 10.6 Å². The van der Waals surface area contributed by atoms with E-state index in [4.69, 9.17) is 14.2 Å². The van der Waals surface area contributed by atoms with Crippen molar-refractivity contribution in [1.29, 1.82) is 0 Å². The molecule has 0 saturated carbocycles. The lowest BCUT2D eigenvalue weighted by atomic mass is 10.1. The van der Waals surface area contributed by atoms with E-state index in [-0.39, 0.29) is 12.5 Å². The number of carbonyl (C=O) groups excluding carboxylic acids is 2. The van der Waals surface area contributed by atoms with E-state index in [1.54, 1.807) is 20.8 Å². The zero-order chi connectivity index (χ0) is 18.9. The van der Waals surface area contributed by atoms with Crippen LogP contribution >= 0.6 is 0 Å². The van der Waals surface area contributed by atoms with Gasteiger partial charge in [0.05, 0.1) is 6.54 Å². The van der Waals surface area contributed by atoms with Gasteiger partial charge in [-0.05, 0) is 26.3 Å². The number of rotatable bonds is 8. The highest BCUT2D eigenvalue weighted by molar-refractivity contribution is 5.86. The highest BCUT2D eigenvalue weighted by atomic mass is 16.7. The molecule has 1 atom stereocenters. The summed E-state index contributed by atoms with van der Waals surface area (Å²) in [6, 6.07) is 8.66. The molecule has 25 heavy (non-hydrogen) atoms. The Balaban J connectivity index is 2.76. The van der Waals surface area contributed by atoms with Gasteiger partial charge < -0.3 is 24.8 Å². The summed E-state index contributed by atoms with van der Waals surface area (Å²) in [7, 11) is 2.97. The van der Waals surface area contributed by atoms with Gasteiger partial charge in [0, 0.05) is 20.6 Å². The summed E-state index contributed by atoms with van der Waals surface area (Å²) in [5.41, 5.74) is 0.281. The molecule has 0 aliphatic heterocycles. The normalized spacial score (nSPS) is 12.6. The fraction of sp³-hybridized carbons (Fsp3) is 0.556. The van der Waals surface area contributed by atoms with Crippen LogP contribution in [0.15, 0.2) is 30.3 Å². The highest BCUT2D eigenvalue weighted by Crippen LogP contribution is 2.08. The average molecular weight is 352 g/mol. The summed E-state index contributed by atoms with van der Waals surface area (Å²) in [6.45, 7) is 5.47. The van der Waals surface area contributed by atoms with Crippen molar-refractivity contribution in [2.24, 2.45) is 0 Å². The topological polar surface area (TPSA) is 85.9 Å². The Hall–Kier alpha value is -2.12. The van der Waals surface area contributed by atoms with E-state index in [0.717, 1.165) is 5.56 Å². The predicted octanol–water partition coefficient (Wildman–Crippen LogP) is 1.86. The van der Waals surface area contributed by atoms with Gasteiger partial charge >= 0.3 is 6.09 Å². The fourth-order valence-electron chi connectivity index (χ4n) is 2.08. The summed E-state index contributed by atoms with van der Waals surface area (Å²) >= 11 is 0. The summed E-state index contributed by atoms with van der Waals surface area (Å²) in [5, 5.41) is 5.34. The van der Waals surface area contributed by atoms with Gasteiger partial charge in [-0.25, -0.2) is 4.79 Å². The van der Waals surface area contributed by atoms with Gasteiger partial charge in [0.1, 0.15) is 11.6 Å². The van der Waals surface area contributed by atoms with E-state index in [9.17, 15) is 9.59 Å². The molecule has 0 fully saturated rings. The molecule has 0 heterocycles. The van der Waals surface area contributed by atoms with E-state index in [1.165, 1.54) is 14.2 Å². The van der Waals surface area contributed by atoms with Crippen LogP contribution in [0.4, 0.5) is 4.79 Å². The molecule has 0 spiro atoms. The molecular formula is C18H28N2O5. The molecule has 1 rings (SSSR count). The van der Waals surface area contributed by atoms with Crippen molar-refractivity contribution in [3.8, 4) is 0 Å². The minimum Gasteiger partial charge on any atom is -0.444 e. The molecule has 2 N–H and O–H groups in total. The van der Waals surface area contributed by atoms with Crippen molar-refractivity contribution >= 4 is 12.0 Å². The fourth-order valence-corrected chi connectivity index (χ4v) is 2.08. The van der Waals surface area contributed by atoms with E-state index >= 15 is 0 Å². The highest BCUT2D eigenvalue weighted by Gasteiger charge is 2.25. The predicted molar refractivity (Wildman–Crippen MR) is 94.1 cm³/mol. The van der Waals surface area contributed by atoms with Crippen LogP contribution in [0, 0.1) is 0 Å². The Morgan fingerprint density at radius 1 is 1.08 bits per heavy atom. The maximum Gasteiger partial charge on any atom is 0.408 e. The van der Waals surface area contributed by atoms with Gasteiger partial charge in [0.25, 0.3) is 0 Å². The average Bonchev–Trinajstić information content (AvgIpc) is 2.54. The van der Waals surface area contributed by atoms with Gasteiger partial charge in [0.2, 0.25) is 5.91 Å². The first-order chi connectivity index (χ1) is 11.7. The Morgan fingerprint density at radius 2 is 1.68 bits per heavy atom. The SMILES string of the molecule is COC(CNC(=O)[C@@H](Cc1ccccc1)NC(=O)OC(C)(C)C)OC. The molecular weight excluding hydrogens is 324 g/mol. The third-order valence-electron chi connectivity index (χ3n) is 3.26. The van der Waals surface area contributed by atoms with Crippen LogP contribution in [0.25, 0.3) is 0 Å². The number of alkyl carbamates (subject to hydrolysis) is 1. The smallest absolute Gasteiger partial charge is 0.408 e. The third-order valence-corrected chi connectivity index (χ3v) is 3.26. The van der Waals surface area contributed by atoms with E-state index < -0.39 is 24.0 Å². The number of amides is 2. The Kier molecular flexibility index (Phi) is 8.37. The van der Waals surface area contributed by atoms with Gasteiger partial charge in [-0.1, -0.05) is 30.3 Å². The lowest BCUT2D eigenvalue weighted by Crippen LogP contribution is -2.50. The molecule has 0 saturated heterocycles. The maximum absolute atomic E-state index is 12.5. The lowest BCUT2D eigenvalue weighted by molar-refractivity contribution is -0.129. The minimum atomic E-state index is -0.772. The molecule has 1 aromatic carbocycles. The second kappa shape index (κ2) is 10.0. The van der Waals surface area contributed by atoms with Crippen molar-refractivity contribution < 1.29 is 23.8 Å². The summed E-state index contributed by atoms with van der Waals surface area (Å²) in [5.74, 6) is -0.339. The second-order valence-electron chi connectivity index (χ2n) is 6.53. The molecule has 0 bridgehead atoms. The van der Waals surface area contributed by atoms with Gasteiger partial charge in [0.15, 0.2) is 6.29 Å². The van der Waals surface area contributed by atoms with E-state index in [1.807, 2.05) is 30.3 Å². The first-order valence-electron chi connectivity index (χ1n) is 8.12. The zero-order valence-corrected chi connectivity index (χ0v) is 15.5. The van der Waals surface area contributed by atoms with Crippen LogP contribution in [0.1, 0.15) is 26.3 Å². The van der Waals surface area contributed by atoms with Gasteiger partial charge in [-0.15, -0.1) is 0 Å². The molecule has 0 aromatic heterocycles. The first-order valence-corrected chi connectivity index (χ1v) is 8.12. The number of hydrogen-bond donors (Lipinski definition) is 2. The molecule has 7 heteroatoms. The molecule has 0 aliphatic carbocycles. The maximum atomic E-state index is 12.5. The number of nitrogens with one attached hydrogen (secondary N) is 2. The Bertz CT molecular complexity index is 538. The molecule has 140 valence electrons. The standard InChI is InChI=1S/C18H28N2O5/c1-18(2,3)25-17(22)20-14(11-13-9-7-6-8-10-13)16(21)19-12-15(23-4)24-5/h6-10,14-15H,11-12H2,1-5H3,(H,19,21)(H,20,22)/t14-/m1/s1. The lowest BCUT2D eigenvalue weighted by Gasteiger charge is -2.24. The monoisotopic (exact) mass is 352 g/mol. The number of benzene rings is 1. The summed E-state index contributed by atoms with van der Waals surface area (Å²) in [6.07, 6.45) is -0.849. The van der Waals surface area contributed by atoms with E-state index in [2.05, 4.69) is 10.6 Å². The quantitative estimate of drug-likeness (QED) is 0.698. The third kappa shape index (κ3) is 8.51. The number of ether oxygens (including phenoxy) is 3. The van der Waals surface area contributed by atoms with Crippen molar-refractivity contribution in [2.75, 3.05) is 20.8 Å². The molecule has 0 aliphatic rings. The van der Waals surface area contributed by atoms with Crippen LogP contribution in [0.2, 0.25) is 0 Å². The minimum absolute atomic E-state index is 0.174. The molecule has 0 radical (unpaired) electrons. The summed E-state index contributed by atoms with van der Waals surface area (Å²) < 4.78 is 15.3. The molecule has 0 unspecified atom stereocenters. The van der Waals surface area contributed by atoms with E-state index in [0.29, 0.717) is 6.42 Å². The number of hydrogen-bond acceptors (Lipinski definition) is 5. The largest absolute Gasteiger partial charge is 0.444 e. The van der Waals surface area contributed by atoms with Gasteiger partial charge in [-0.3, -0.25) is 4.79 Å². The molecule has 2 amide bonds. The molecule has 7 nitrogen and oxygen atoms in total. The van der Waals surface area contributed by atoms with Crippen LogP contribution in [-0.4, -0.2) is 50.7 Å². The van der Waals surface area contributed by atoms with Crippen molar-refractivity contribution in [3.05, 3.63) is 35.9 Å². The van der Waals surface area contributed by atoms with Crippen molar-refractivity contribution in [3.63, 3.8) is 0 Å². The Labute approximate surface area is 149 Å². The Morgan fingerprint density at radius 3 is 2.20 bits per heavy atom. The second-order valence-corrected chi connectivity index (χ2v) is 6.53. The summed E-state index contributed by atoms with van der Waals surface area (Å²) in [4.78, 5) is 24.5. The number of methoxy groups -OCH3 is 2. The van der Waals surface area contributed by atoms with Gasteiger partial charge in [-0.2, -0.15) is 0 Å². The van der Waals surface area contributed by atoms with Crippen LogP contribution in [0.3, 0.4) is 0 Å².